The molecule has 1 aliphatic rings. The van der Waals surface area contributed by atoms with Crippen molar-refractivity contribution in [2.24, 2.45) is 5.16 Å². The van der Waals surface area contributed by atoms with Crippen molar-refractivity contribution in [3.05, 3.63) is 81.4 Å². The van der Waals surface area contributed by atoms with Gasteiger partial charge in [0.2, 0.25) is 0 Å². The highest BCUT2D eigenvalue weighted by atomic mass is 16.7. The molecule has 1 saturated carbocycles. The second kappa shape index (κ2) is 7.53. The molecule has 0 bridgehead atoms. The molecule has 0 spiro atoms. The largest absolute Gasteiger partial charge is 0.365 e. The zero-order chi connectivity index (χ0) is 17.6. The molecular weight excluding hydrogens is 320 g/mol. The minimum atomic E-state index is -0.631. The minimum absolute atomic E-state index is 0.0771. The van der Waals surface area contributed by atoms with E-state index in [2.05, 4.69) is 5.16 Å². The first-order chi connectivity index (χ1) is 12.1. The molecule has 0 saturated heterocycles. The maximum atomic E-state index is 12.0. The van der Waals surface area contributed by atoms with E-state index in [0.29, 0.717) is 0 Å². The lowest BCUT2D eigenvalue weighted by Gasteiger charge is -2.02. The van der Waals surface area contributed by atoms with Crippen LogP contribution in [0, 0.1) is 10.1 Å². The zero-order valence-corrected chi connectivity index (χ0v) is 13.4. The molecule has 2 aromatic rings. The van der Waals surface area contributed by atoms with Crippen molar-refractivity contribution in [1.29, 1.82) is 0 Å². The molecule has 0 heterocycles. The van der Waals surface area contributed by atoms with Crippen molar-refractivity contribution in [3.63, 3.8) is 0 Å². The molecule has 0 atom stereocenters. The van der Waals surface area contributed by atoms with Crippen LogP contribution >= 0.6 is 0 Å². The molecule has 2 aromatic carbocycles. The Balaban J connectivity index is 1.71. The summed E-state index contributed by atoms with van der Waals surface area (Å²) in [6, 6.07) is 15.1. The van der Waals surface area contributed by atoms with Crippen molar-refractivity contribution in [3.8, 4) is 0 Å². The van der Waals surface area contributed by atoms with Crippen LogP contribution in [-0.4, -0.2) is 16.6 Å². The number of hydrogen-bond acceptors (Lipinski definition) is 5. The van der Waals surface area contributed by atoms with Gasteiger partial charge in [-0.05, 0) is 48.6 Å². The predicted octanol–water partition coefficient (Wildman–Crippen LogP) is 4.38. The molecule has 126 valence electrons. The molecule has 6 nitrogen and oxygen atoms in total. The number of nitro benzene ring substituents is 1. The summed E-state index contributed by atoms with van der Waals surface area (Å²) < 4.78 is 0. The minimum Gasteiger partial charge on any atom is -0.313 e. The van der Waals surface area contributed by atoms with Crippen LogP contribution in [0.5, 0.6) is 0 Å². The van der Waals surface area contributed by atoms with Gasteiger partial charge in [0, 0.05) is 12.1 Å². The van der Waals surface area contributed by atoms with Gasteiger partial charge in [-0.3, -0.25) is 10.1 Å². The molecule has 0 unspecified atom stereocenters. The van der Waals surface area contributed by atoms with Gasteiger partial charge >= 0.3 is 5.97 Å². The molecule has 0 amide bonds. The number of nitro groups is 1. The van der Waals surface area contributed by atoms with Gasteiger partial charge in [0.25, 0.3) is 5.69 Å². The fraction of sp³-hybridized carbons (Fsp3) is 0.158. The van der Waals surface area contributed by atoms with Crippen molar-refractivity contribution >= 4 is 23.4 Å². The van der Waals surface area contributed by atoms with Gasteiger partial charge in [-0.15, -0.1) is 0 Å². The zero-order valence-electron chi connectivity index (χ0n) is 13.4. The Hall–Kier alpha value is -3.28. The summed E-state index contributed by atoms with van der Waals surface area (Å²) in [5.41, 5.74) is 3.05. The van der Waals surface area contributed by atoms with Gasteiger partial charge in [-0.2, -0.15) is 0 Å². The van der Waals surface area contributed by atoms with E-state index < -0.39 is 10.9 Å². The maximum absolute atomic E-state index is 12.0. The monoisotopic (exact) mass is 336 g/mol. The van der Waals surface area contributed by atoms with Crippen LogP contribution in [0.15, 0.2) is 65.3 Å². The summed E-state index contributed by atoms with van der Waals surface area (Å²) in [6.45, 7) is 0. The van der Waals surface area contributed by atoms with E-state index in [9.17, 15) is 14.9 Å². The maximum Gasteiger partial charge on any atom is 0.365 e. The van der Waals surface area contributed by atoms with Gasteiger partial charge in [0.1, 0.15) is 0 Å². The van der Waals surface area contributed by atoms with E-state index in [1.165, 1.54) is 24.3 Å². The highest BCUT2D eigenvalue weighted by molar-refractivity contribution is 6.05. The van der Waals surface area contributed by atoms with E-state index in [1.54, 1.807) is 0 Å². The fourth-order valence-electron chi connectivity index (χ4n) is 2.63. The summed E-state index contributed by atoms with van der Waals surface area (Å²) in [5.74, 6) is -0.631. The summed E-state index contributed by atoms with van der Waals surface area (Å²) in [4.78, 5) is 27.2. The van der Waals surface area contributed by atoms with E-state index in [0.717, 1.165) is 36.1 Å². The Labute approximate surface area is 144 Å². The Bertz CT molecular complexity index is 839. The lowest BCUT2D eigenvalue weighted by Crippen LogP contribution is -2.04. The first-order valence-corrected chi connectivity index (χ1v) is 7.92. The van der Waals surface area contributed by atoms with Crippen molar-refractivity contribution in [2.75, 3.05) is 0 Å². The number of carbonyl (C=O) groups is 1. The lowest BCUT2D eigenvalue weighted by atomic mass is 10.1. The third-order valence-electron chi connectivity index (χ3n) is 3.92. The molecule has 3 rings (SSSR count). The van der Waals surface area contributed by atoms with Gasteiger partial charge in [-0.25, -0.2) is 4.79 Å². The number of allylic oxidation sites excluding steroid dienone is 1. The van der Waals surface area contributed by atoms with Crippen molar-refractivity contribution in [1.82, 2.24) is 0 Å². The Morgan fingerprint density at radius 2 is 1.80 bits per heavy atom. The van der Waals surface area contributed by atoms with Gasteiger partial charge in [0.15, 0.2) is 0 Å². The highest BCUT2D eigenvalue weighted by Crippen LogP contribution is 2.24. The van der Waals surface area contributed by atoms with Gasteiger partial charge < -0.3 is 4.84 Å². The summed E-state index contributed by atoms with van der Waals surface area (Å²) in [5, 5.41) is 14.6. The molecule has 0 aliphatic heterocycles. The quantitative estimate of drug-likeness (QED) is 0.471. The average molecular weight is 336 g/mol. The molecule has 6 heteroatoms. The summed E-state index contributed by atoms with van der Waals surface area (Å²) in [6.07, 6.45) is 4.66. The molecule has 25 heavy (non-hydrogen) atoms. The van der Waals surface area contributed by atoms with Crippen molar-refractivity contribution in [2.45, 2.75) is 19.3 Å². The topological polar surface area (TPSA) is 81.8 Å². The fourth-order valence-corrected chi connectivity index (χ4v) is 2.63. The van der Waals surface area contributed by atoms with Crippen LogP contribution in [0.1, 0.15) is 35.2 Å². The van der Waals surface area contributed by atoms with Gasteiger partial charge in [0.05, 0.1) is 16.2 Å². The average Bonchev–Trinajstić information content (AvgIpc) is 3.07. The molecule has 1 fully saturated rings. The van der Waals surface area contributed by atoms with E-state index in [1.807, 2.05) is 36.4 Å². The second-order valence-corrected chi connectivity index (χ2v) is 5.65. The van der Waals surface area contributed by atoms with Crippen molar-refractivity contribution < 1.29 is 14.6 Å². The Morgan fingerprint density at radius 3 is 2.48 bits per heavy atom. The Morgan fingerprint density at radius 1 is 1.08 bits per heavy atom. The van der Waals surface area contributed by atoms with E-state index >= 15 is 0 Å². The molecule has 0 aromatic heterocycles. The molecular formula is C19H16N2O4. The number of non-ortho nitro benzene ring substituents is 1. The number of hydrogen-bond donors (Lipinski definition) is 0. The van der Waals surface area contributed by atoms with E-state index in [-0.39, 0.29) is 11.3 Å². The first-order valence-electron chi connectivity index (χ1n) is 7.92. The molecule has 0 radical (unpaired) electrons. The standard InChI is InChI=1S/C19H16N2O4/c22-19(15-9-11-17(12-10-15)21(23)24)25-20-18-8-4-7-16(18)13-14-5-2-1-3-6-14/h1-3,5-6,9-13H,4,7-8H2/b16-13+,20-18+. The Kier molecular flexibility index (Phi) is 4.99. The smallest absolute Gasteiger partial charge is 0.313 e. The van der Waals surface area contributed by atoms with Crippen LogP contribution in [-0.2, 0) is 4.84 Å². The number of oxime groups is 1. The highest BCUT2D eigenvalue weighted by Gasteiger charge is 2.17. The lowest BCUT2D eigenvalue weighted by molar-refractivity contribution is -0.384. The second-order valence-electron chi connectivity index (χ2n) is 5.65. The third-order valence-corrected chi connectivity index (χ3v) is 3.92. The number of benzene rings is 2. The normalized spacial score (nSPS) is 17.0. The number of carbonyl (C=O) groups excluding carboxylic acids is 1. The molecule has 0 N–H and O–H groups in total. The van der Waals surface area contributed by atoms with Crippen LogP contribution < -0.4 is 0 Å². The van der Waals surface area contributed by atoms with Gasteiger partial charge in [-0.1, -0.05) is 35.5 Å². The first kappa shape index (κ1) is 16.6. The number of nitrogens with zero attached hydrogens (tertiary/aromatic N) is 2. The summed E-state index contributed by atoms with van der Waals surface area (Å²) in [7, 11) is 0. The number of rotatable bonds is 4. The van der Waals surface area contributed by atoms with Crippen LogP contribution in [0.2, 0.25) is 0 Å². The van der Waals surface area contributed by atoms with E-state index in [4.69, 9.17) is 4.84 Å². The summed E-state index contributed by atoms with van der Waals surface area (Å²) >= 11 is 0. The van der Waals surface area contributed by atoms with Crippen LogP contribution in [0.25, 0.3) is 6.08 Å². The molecule has 1 aliphatic carbocycles. The van der Waals surface area contributed by atoms with Crippen LogP contribution in [0.4, 0.5) is 5.69 Å². The SMILES string of the molecule is O=C(O/N=C1\CCC\C1=C/c1ccccc1)c1ccc([N+](=O)[O-])cc1. The third kappa shape index (κ3) is 4.17. The van der Waals surface area contributed by atoms with Crippen LogP contribution in [0.3, 0.4) is 0 Å². The predicted molar refractivity (Wildman–Crippen MR) is 94.2 cm³/mol.